The number of guanidine groups is 1. The van der Waals surface area contributed by atoms with Crippen LogP contribution in [-0.2, 0) is 6.54 Å². The van der Waals surface area contributed by atoms with Crippen LogP contribution >= 0.6 is 24.0 Å². The largest absolute Gasteiger partial charge is 0.496 e. The molecule has 1 aromatic carbocycles. The Morgan fingerprint density at radius 3 is 2.15 bits per heavy atom. The van der Waals surface area contributed by atoms with Crippen molar-refractivity contribution in [2.24, 2.45) is 4.99 Å². The second-order valence-electron chi connectivity index (χ2n) is 6.18. The van der Waals surface area contributed by atoms with E-state index in [9.17, 15) is 0 Å². The Balaban J connectivity index is 0.00000338. The third-order valence-corrected chi connectivity index (χ3v) is 4.50. The summed E-state index contributed by atoms with van der Waals surface area (Å²) in [4.78, 5) is 4.74. The molecule has 7 heteroatoms. The molecule has 1 aromatic rings. The zero-order chi connectivity index (χ0) is 18.1. The molecule has 2 N–H and O–H groups in total. The molecule has 0 unspecified atom stereocenters. The highest BCUT2D eigenvalue weighted by molar-refractivity contribution is 14.0. The van der Waals surface area contributed by atoms with Crippen molar-refractivity contribution in [1.29, 1.82) is 0 Å². The number of nitrogens with zero attached hydrogens (tertiary/aromatic N) is 1. The molecule has 0 aromatic heterocycles. The molecule has 0 radical (unpaired) electrons. The van der Waals surface area contributed by atoms with Crippen molar-refractivity contribution in [1.82, 2.24) is 10.6 Å². The molecular weight excluding hydrogens is 445 g/mol. The number of methoxy groups -OCH3 is 3. The summed E-state index contributed by atoms with van der Waals surface area (Å²) in [5.41, 5.74) is 0.909. The van der Waals surface area contributed by atoms with Crippen LogP contribution in [0.5, 0.6) is 17.2 Å². The molecular formula is C19H32IN3O3. The van der Waals surface area contributed by atoms with Gasteiger partial charge >= 0.3 is 0 Å². The van der Waals surface area contributed by atoms with Crippen LogP contribution in [0.2, 0.25) is 0 Å². The molecule has 1 aliphatic rings. The minimum absolute atomic E-state index is 0. The first-order valence-electron chi connectivity index (χ1n) is 9.05. The maximum Gasteiger partial charge on any atom is 0.191 e. The smallest absolute Gasteiger partial charge is 0.191 e. The van der Waals surface area contributed by atoms with Crippen LogP contribution in [0.1, 0.15) is 44.6 Å². The SMILES string of the molecule is CCNC(=NCc1c(OC)cc(OC)cc1OC)NC1CCCCC1.I. The second-order valence-corrected chi connectivity index (χ2v) is 6.18. The molecule has 26 heavy (non-hydrogen) atoms. The highest BCUT2D eigenvalue weighted by atomic mass is 127. The second kappa shape index (κ2) is 12.1. The van der Waals surface area contributed by atoms with Crippen LogP contribution in [0.3, 0.4) is 0 Å². The predicted octanol–water partition coefficient (Wildman–Crippen LogP) is 3.72. The Morgan fingerprint density at radius 2 is 1.65 bits per heavy atom. The quantitative estimate of drug-likeness (QED) is 0.356. The number of ether oxygens (including phenoxy) is 3. The lowest BCUT2D eigenvalue weighted by atomic mass is 9.96. The molecule has 2 rings (SSSR count). The van der Waals surface area contributed by atoms with Gasteiger partial charge in [-0.1, -0.05) is 19.3 Å². The van der Waals surface area contributed by atoms with Gasteiger partial charge in [-0.2, -0.15) is 0 Å². The molecule has 0 spiro atoms. The molecule has 0 heterocycles. The molecule has 0 saturated heterocycles. The summed E-state index contributed by atoms with van der Waals surface area (Å²) in [5.74, 6) is 2.98. The van der Waals surface area contributed by atoms with Gasteiger partial charge in [-0.25, -0.2) is 4.99 Å². The van der Waals surface area contributed by atoms with Crippen molar-refractivity contribution in [3.8, 4) is 17.2 Å². The lowest BCUT2D eigenvalue weighted by Gasteiger charge is -2.25. The van der Waals surface area contributed by atoms with E-state index in [2.05, 4.69) is 17.6 Å². The molecule has 1 fully saturated rings. The van der Waals surface area contributed by atoms with E-state index in [-0.39, 0.29) is 24.0 Å². The van der Waals surface area contributed by atoms with Gasteiger partial charge in [0.05, 0.1) is 33.4 Å². The average Bonchev–Trinajstić information content (AvgIpc) is 2.66. The number of nitrogens with one attached hydrogen (secondary N) is 2. The maximum atomic E-state index is 5.50. The minimum atomic E-state index is 0. The fourth-order valence-corrected chi connectivity index (χ4v) is 3.15. The van der Waals surface area contributed by atoms with Crippen LogP contribution in [-0.4, -0.2) is 39.9 Å². The highest BCUT2D eigenvalue weighted by Crippen LogP contribution is 2.34. The first kappa shape index (κ1) is 22.7. The molecule has 0 amide bonds. The van der Waals surface area contributed by atoms with Crippen molar-refractivity contribution in [3.05, 3.63) is 17.7 Å². The van der Waals surface area contributed by atoms with E-state index in [0.717, 1.165) is 18.1 Å². The molecule has 1 aliphatic carbocycles. The van der Waals surface area contributed by atoms with E-state index >= 15 is 0 Å². The Bertz CT molecular complexity index is 550. The van der Waals surface area contributed by atoms with Gasteiger partial charge < -0.3 is 24.8 Å². The van der Waals surface area contributed by atoms with Gasteiger partial charge in [-0.3, -0.25) is 0 Å². The molecule has 1 saturated carbocycles. The zero-order valence-corrected chi connectivity index (χ0v) is 18.6. The number of rotatable bonds is 7. The summed E-state index contributed by atoms with van der Waals surface area (Å²) in [6, 6.07) is 4.22. The normalized spacial score (nSPS) is 15.0. The Hall–Kier alpha value is -1.38. The molecule has 0 atom stereocenters. The van der Waals surface area contributed by atoms with Crippen LogP contribution in [0.25, 0.3) is 0 Å². The van der Waals surface area contributed by atoms with E-state index in [4.69, 9.17) is 19.2 Å². The van der Waals surface area contributed by atoms with Gasteiger partial charge in [0, 0.05) is 24.7 Å². The Kier molecular flexibility index (Phi) is 10.5. The Labute approximate surface area is 174 Å². The third-order valence-electron chi connectivity index (χ3n) is 4.50. The van der Waals surface area contributed by atoms with Crippen molar-refractivity contribution in [2.45, 2.75) is 51.6 Å². The summed E-state index contributed by atoms with van der Waals surface area (Å²) in [6.07, 6.45) is 6.33. The van der Waals surface area contributed by atoms with Crippen LogP contribution in [0.15, 0.2) is 17.1 Å². The number of hydrogen-bond acceptors (Lipinski definition) is 4. The molecule has 148 valence electrons. The summed E-state index contributed by atoms with van der Waals surface area (Å²) in [5, 5.41) is 6.89. The van der Waals surface area contributed by atoms with Gasteiger partial charge in [0.25, 0.3) is 0 Å². The molecule has 0 bridgehead atoms. The zero-order valence-electron chi connectivity index (χ0n) is 16.3. The van der Waals surface area contributed by atoms with Gasteiger partial charge in [0.15, 0.2) is 5.96 Å². The number of benzene rings is 1. The van der Waals surface area contributed by atoms with E-state index in [1.54, 1.807) is 21.3 Å². The summed E-state index contributed by atoms with van der Waals surface area (Å²) in [7, 11) is 4.92. The van der Waals surface area contributed by atoms with Gasteiger partial charge in [0.1, 0.15) is 17.2 Å². The van der Waals surface area contributed by atoms with Crippen molar-refractivity contribution in [3.63, 3.8) is 0 Å². The lowest BCUT2D eigenvalue weighted by Crippen LogP contribution is -2.44. The number of aliphatic imine (C=N–C) groups is 1. The minimum Gasteiger partial charge on any atom is -0.496 e. The van der Waals surface area contributed by atoms with Crippen LogP contribution in [0.4, 0.5) is 0 Å². The fraction of sp³-hybridized carbons (Fsp3) is 0.632. The standard InChI is InChI=1S/C19H31N3O3.HI/c1-5-20-19(22-14-9-7-6-8-10-14)21-13-16-17(24-3)11-15(23-2)12-18(16)25-4;/h11-12,14H,5-10,13H2,1-4H3,(H2,20,21,22);1H. The van der Waals surface area contributed by atoms with Crippen LogP contribution in [0, 0.1) is 0 Å². The predicted molar refractivity (Wildman–Crippen MR) is 116 cm³/mol. The summed E-state index contributed by atoms with van der Waals surface area (Å²) >= 11 is 0. The van der Waals surface area contributed by atoms with E-state index < -0.39 is 0 Å². The first-order valence-corrected chi connectivity index (χ1v) is 9.05. The topological polar surface area (TPSA) is 64.1 Å². The average molecular weight is 477 g/mol. The maximum absolute atomic E-state index is 5.50. The monoisotopic (exact) mass is 477 g/mol. The third kappa shape index (κ3) is 6.41. The first-order chi connectivity index (χ1) is 12.2. The van der Waals surface area contributed by atoms with Gasteiger partial charge in [-0.15, -0.1) is 24.0 Å². The van der Waals surface area contributed by atoms with Gasteiger partial charge in [0.2, 0.25) is 0 Å². The number of hydrogen-bond donors (Lipinski definition) is 2. The lowest BCUT2D eigenvalue weighted by molar-refractivity contribution is 0.369. The molecule has 6 nitrogen and oxygen atoms in total. The fourth-order valence-electron chi connectivity index (χ4n) is 3.15. The summed E-state index contributed by atoms with van der Waals surface area (Å²) < 4.78 is 16.3. The van der Waals surface area contributed by atoms with Crippen molar-refractivity contribution >= 4 is 29.9 Å². The molecule has 0 aliphatic heterocycles. The highest BCUT2D eigenvalue weighted by Gasteiger charge is 2.16. The number of halogens is 1. The van der Waals surface area contributed by atoms with Gasteiger partial charge in [-0.05, 0) is 19.8 Å². The van der Waals surface area contributed by atoms with Crippen LogP contribution < -0.4 is 24.8 Å². The van der Waals surface area contributed by atoms with E-state index in [1.165, 1.54) is 32.1 Å². The summed E-state index contributed by atoms with van der Waals surface area (Å²) in [6.45, 7) is 3.38. The Morgan fingerprint density at radius 1 is 1.04 bits per heavy atom. The van der Waals surface area contributed by atoms with E-state index in [0.29, 0.717) is 29.8 Å². The van der Waals surface area contributed by atoms with E-state index in [1.807, 2.05) is 12.1 Å². The van der Waals surface area contributed by atoms with Crippen molar-refractivity contribution in [2.75, 3.05) is 27.9 Å². The van der Waals surface area contributed by atoms with Crippen molar-refractivity contribution < 1.29 is 14.2 Å².